The molecule has 1 atom stereocenters. The van der Waals surface area contributed by atoms with Crippen molar-refractivity contribution in [3.63, 3.8) is 0 Å². The molecule has 0 bridgehead atoms. The fourth-order valence-corrected chi connectivity index (χ4v) is 2.54. The van der Waals surface area contributed by atoms with Gasteiger partial charge in [0.1, 0.15) is 11.5 Å². The third-order valence-corrected chi connectivity index (χ3v) is 3.50. The lowest BCUT2D eigenvalue weighted by Gasteiger charge is -2.04. The summed E-state index contributed by atoms with van der Waals surface area (Å²) < 4.78 is 20.5. The van der Waals surface area contributed by atoms with Crippen LogP contribution in [0.1, 0.15) is 25.1 Å². The molecule has 0 fully saturated rings. The molecule has 2 heterocycles. The minimum atomic E-state index is -1.42. The Bertz CT molecular complexity index is 681. The SMILES string of the molecule is CC1CCc2c(OC(=O)O)c(-c3ccccc3F)nn21. The first-order chi connectivity index (χ1) is 9.58. The summed E-state index contributed by atoms with van der Waals surface area (Å²) in [5, 5.41) is 13.2. The first kappa shape index (κ1) is 12.7. The molecule has 0 saturated heterocycles. The molecule has 0 saturated carbocycles. The van der Waals surface area contributed by atoms with E-state index in [4.69, 9.17) is 9.84 Å². The molecule has 1 N–H and O–H groups in total. The summed E-state index contributed by atoms with van der Waals surface area (Å²) in [5.41, 5.74) is 1.20. The second-order valence-corrected chi connectivity index (χ2v) is 4.80. The van der Waals surface area contributed by atoms with E-state index in [1.165, 1.54) is 6.07 Å². The quantitative estimate of drug-likeness (QED) is 0.855. The molecule has 0 amide bonds. The van der Waals surface area contributed by atoms with Crippen LogP contribution in [0.3, 0.4) is 0 Å². The van der Waals surface area contributed by atoms with Gasteiger partial charge in [0, 0.05) is 11.6 Å². The Kier molecular flexibility index (Phi) is 2.93. The zero-order valence-corrected chi connectivity index (χ0v) is 10.8. The lowest BCUT2D eigenvalue weighted by Crippen LogP contribution is -2.05. The Hall–Kier alpha value is -2.37. The topological polar surface area (TPSA) is 64.3 Å². The maximum atomic E-state index is 13.9. The molecule has 3 rings (SSSR count). The molecule has 1 aromatic heterocycles. The number of nitrogens with zero attached hydrogens (tertiary/aromatic N) is 2. The van der Waals surface area contributed by atoms with Gasteiger partial charge in [0.15, 0.2) is 5.75 Å². The standard InChI is InChI=1S/C14H13FN2O3/c1-8-6-7-11-13(20-14(18)19)12(16-17(8)11)9-4-2-3-5-10(9)15/h2-5,8H,6-7H2,1H3,(H,18,19). The van der Waals surface area contributed by atoms with E-state index in [1.54, 1.807) is 22.9 Å². The lowest BCUT2D eigenvalue weighted by molar-refractivity contribution is 0.144. The van der Waals surface area contributed by atoms with Crippen molar-refractivity contribution in [3.05, 3.63) is 35.8 Å². The molecule has 1 aromatic carbocycles. The summed E-state index contributed by atoms with van der Waals surface area (Å²) in [6.45, 7) is 1.99. The molecule has 6 heteroatoms. The highest BCUT2D eigenvalue weighted by Gasteiger charge is 2.30. The molecule has 1 aliphatic rings. The molecule has 0 spiro atoms. The van der Waals surface area contributed by atoms with Crippen molar-refractivity contribution in [2.24, 2.45) is 0 Å². The van der Waals surface area contributed by atoms with Crippen LogP contribution in [0.2, 0.25) is 0 Å². The van der Waals surface area contributed by atoms with E-state index in [0.717, 1.165) is 6.42 Å². The minimum Gasteiger partial charge on any atom is -0.449 e. The fraction of sp³-hybridized carbons (Fsp3) is 0.286. The van der Waals surface area contributed by atoms with Crippen molar-refractivity contribution in [1.29, 1.82) is 0 Å². The number of benzene rings is 1. The number of ether oxygens (including phenoxy) is 1. The van der Waals surface area contributed by atoms with Crippen LogP contribution in [-0.4, -0.2) is 21.0 Å². The van der Waals surface area contributed by atoms with E-state index in [-0.39, 0.29) is 23.0 Å². The van der Waals surface area contributed by atoms with Gasteiger partial charge in [-0.1, -0.05) is 12.1 Å². The van der Waals surface area contributed by atoms with Crippen molar-refractivity contribution >= 4 is 6.16 Å². The van der Waals surface area contributed by atoms with Crippen LogP contribution >= 0.6 is 0 Å². The van der Waals surface area contributed by atoms with Gasteiger partial charge in [-0.2, -0.15) is 5.10 Å². The van der Waals surface area contributed by atoms with Crippen LogP contribution in [-0.2, 0) is 6.42 Å². The largest absolute Gasteiger partial charge is 0.511 e. The van der Waals surface area contributed by atoms with Gasteiger partial charge in [-0.05, 0) is 31.9 Å². The molecule has 5 nitrogen and oxygen atoms in total. The lowest BCUT2D eigenvalue weighted by atomic mass is 10.1. The smallest absolute Gasteiger partial charge is 0.449 e. The van der Waals surface area contributed by atoms with Crippen molar-refractivity contribution in [2.45, 2.75) is 25.8 Å². The molecule has 104 valence electrons. The first-order valence-electron chi connectivity index (χ1n) is 6.35. The number of aromatic nitrogens is 2. The zero-order chi connectivity index (χ0) is 14.3. The third-order valence-electron chi connectivity index (χ3n) is 3.50. The second-order valence-electron chi connectivity index (χ2n) is 4.80. The Balaban J connectivity index is 2.18. The van der Waals surface area contributed by atoms with Gasteiger partial charge in [-0.25, -0.2) is 9.18 Å². The van der Waals surface area contributed by atoms with Gasteiger partial charge in [0.05, 0.1) is 5.69 Å². The molecule has 1 aliphatic heterocycles. The average molecular weight is 276 g/mol. The maximum Gasteiger partial charge on any atom is 0.511 e. The Labute approximate surface area is 114 Å². The fourth-order valence-electron chi connectivity index (χ4n) is 2.54. The van der Waals surface area contributed by atoms with Crippen molar-refractivity contribution < 1.29 is 19.0 Å². The van der Waals surface area contributed by atoms with Gasteiger partial charge in [-0.3, -0.25) is 4.68 Å². The van der Waals surface area contributed by atoms with Crippen molar-refractivity contribution in [2.75, 3.05) is 0 Å². The van der Waals surface area contributed by atoms with E-state index in [2.05, 4.69) is 5.10 Å². The first-order valence-corrected chi connectivity index (χ1v) is 6.35. The maximum absolute atomic E-state index is 13.9. The summed E-state index contributed by atoms with van der Waals surface area (Å²) in [7, 11) is 0. The normalized spacial score (nSPS) is 17.0. The van der Waals surface area contributed by atoms with E-state index in [9.17, 15) is 9.18 Å². The number of carbonyl (C=O) groups is 1. The molecule has 2 aromatic rings. The minimum absolute atomic E-state index is 0.145. The van der Waals surface area contributed by atoms with Crippen LogP contribution in [0.5, 0.6) is 5.75 Å². The van der Waals surface area contributed by atoms with Gasteiger partial charge in [0.25, 0.3) is 0 Å². The third kappa shape index (κ3) is 1.93. The Morgan fingerprint density at radius 1 is 1.50 bits per heavy atom. The number of hydrogen-bond donors (Lipinski definition) is 1. The zero-order valence-electron chi connectivity index (χ0n) is 10.8. The Morgan fingerprint density at radius 3 is 2.95 bits per heavy atom. The highest BCUT2D eigenvalue weighted by Crippen LogP contribution is 2.40. The molecular formula is C14H13FN2O3. The van der Waals surface area contributed by atoms with E-state index >= 15 is 0 Å². The molecule has 0 radical (unpaired) electrons. The van der Waals surface area contributed by atoms with Gasteiger partial charge in [-0.15, -0.1) is 0 Å². The summed E-state index contributed by atoms with van der Waals surface area (Å²) in [6.07, 6.45) is 0.124. The Morgan fingerprint density at radius 2 is 2.25 bits per heavy atom. The van der Waals surface area contributed by atoms with E-state index in [1.807, 2.05) is 6.92 Å². The van der Waals surface area contributed by atoms with Crippen molar-refractivity contribution in [3.8, 4) is 17.0 Å². The average Bonchev–Trinajstić information content (AvgIpc) is 2.92. The van der Waals surface area contributed by atoms with Crippen molar-refractivity contribution in [1.82, 2.24) is 9.78 Å². The molecule has 20 heavy (non-hydrogen) atoms. The predicted octanol–water partition coefficient (Wildman–Crippen LogP) is 3.25. The van der Waals surface area contributed by atoms with Gasteiger partial charge < -0.3 is 9.84 Å². The van der Waals surface area contributed by atoms with Gasteiger partial charge >= 0.3 is 6.16 Å². The highest BCUT2D eigenvalue weighted by atomic mass is 19.1. The number of rotatable bonds is 2. The van der Waals surface area contributed by atoms with Crippen LogP contribution < -0.4 is 4.74 Å². The predicted molar refractivity (Wildman–Crippen MR) is 69.3 cm³/mol. The second kappa shape index (κ2) is 4.63. The molecular weight excluding hydrogens is 263 g/mol. The summed E-state index contributed by atoms with van der Waals surface area (Å²) >= 11 is 0. The number of fused-ring (bicyclic) bond motifs is 1. The highest BCUT2D eigenvalue weighted by molar-refractivity contribution is 5.73. The summed E-state index contributed by atoms with van der Waals surface area (Å²) in [5.74, 6) is -0.306. The summed E-state index contributed by atoms with van der Waals surface area (Å²) in [4.78, 5) is 10.9. The number of halogens is 1. The van der Waals surface area contributed by atoms with Crippen LogP contribution in [0.25, 0.3) is 11.3 Å². The molecule has 0 aliphatic carbocycles. The van der Waals surface area contributed by atoms with Crippen LogP contribution in [0, 0.1) is 5.82 Å². The monoisotopic (exact) mass is 276 g/mol. The van der Waals surface area contributed by atoms with E-state index < -0.39 is 12.0 Å². The van der Waals surface area contributed by atoms with E-state index in [0.29, 0.717) is 12.1 Å². The van der Waals surface area contributed by atoms with Crippen LogP contribution in [0.15, 0.2) is 24.3 Å². The van der Waals surface area contributed by atoms with Crippen LogP contribution in [0.4, 0.5) is 9.18 Å². The number of carboxylic acid groups (broad SMARTS) is 1. The summed E-state index contributed by atoms with van der Waals surface area (Å²) in [6, 6.07) is 6.28. The van der Waals surface area contributed by atoms with Gasteiger partial charge in [0.2, 0.25) is 0 Å². The molecule has 1 unspecified atom stereocenters. The number of hydrogen-bond acceptors (Lipinski definition) is 3.